The lowest BCUT2D eigenvalue weighted by Crippen LogP contribution is -2.18. The van der Waals surface area contributed by atoms with Crippen LogP contribution in [0.3, 0.4) is 0 Å². The summed E-state index contributed by atoms with van der Waals surface area (Å²) in [7, 11) is 1.78. The van der Waals surface area contributed by atoms with Gasteiger partial charge in [-0.05, 0) is 19.3 Å². The molecule has 2 nitrogen and oxygen atoms in total. The summed E-state index contributed by atoms with van der Waals surface area (Å²) in [6.45, 7) is 0. The van der Waals surface area contributed by atoms with Crippen LogP contribution in [0, 0.1) is 0 Å². The molecule has 1 rings (SSSR count). The highest BCUT2D eigenvalue weighted by atomic mass is 16.5. The Morgan fingerprint density at radius 2 is 2.00 bits per heavy atom. The van der Waals surface area contributed by atoms with Crippen LogP contribution < -0.4 is 6.15 Å². The molecule has 3 N–H and O–H groups in total. The Bertz CT molecular complexity index is 40.6. The van der Waals surface area contributed by atoms with Gasteiger partial charge in [-0.15, -0.1) is 0 Å². The van der Waals surface area contributed by atoms with E-state index in [1.165, 1.54) is 19.3 Å². The number of hydrogen-bond acceptors (Lipinski definition) is 2. The maximum absolute atomic E-state index is 4.99. The summed E-state index contributed by atoms with van der Waals surface area (Å²) in [6, 6.07) is 0. The van der Waals surface area contributed by atoms with Gasteiger partial charge in [0.15, 0.2) is 0 Å². The number of ether oxygens (including phenoxy) is 1. The summed E-state index contributed by atoms with van der Waals surface area (Å²) in [5.74, 6) is 0. The Balaban J connectivity index is 0.000000360. The predicted octanol–water partition coefficient (Wildman–Crippen LogP) is 1.35. The Hall–Kier alpha value is -0.0800. The molecule has 0 bridgehead atoms. The lowest BCUT2D eigenvalue weighted by Gasteiger charge is -2.22. The van der Waals surface area contributed by atoms with E-state index in [-0.39, 0.29) is 6.15 Å². The van der Waals surface area contributed by atoms with Crippen molar-refractivity contribution in [2.45, 2.75) is 25.4 Å². The lowest BCUT2D eigenvalue weighted by atomic mass is 9.96. The largest absolute Gasteiger partial charge is 0.381 e. The summed E-state index contributed by atoms with van der Waals surface area (Å²) < 4.78 is 4.99. The van der Waals surface area contributed by atoms with Crippen LogP contribution in [0.4, 0.5) is 0 Å². The molecule has 0 amide bonds. The van der Waals surface area contributed by atoms with Crippen LogP contribution >= 0.6 is 0 Å². The topological polar surface area (TPSA) is 44.2 Å². The van der Waals surface area contributed by atoms with Crippen LogP contribution in [0.5, 0.6) is 0 Å². The van der Waals surface area contributed by atoms with Crippen molar-refractivity contribution in [3.8, 4) is 0 Å². The van der Waals surface area contributed by atoms with Crippen molar-refractivity contribution in [3.05, 3.63) is 0 Å². The Morgan fingerprint density at radius 3 is 2.00 bits per heavy atom. The molecule has 1 aliphatic rings. The monoisotopic (exact) mass is 103 g/mol. The zero-order chi connectivity index (χ0) is 4.41. The molecule has 44 valence electrons. The first-order valence-corrected chi connectivity index (χ1v) is 2.46. The molecule has 1 aliphatic carbocycles. The molecule has 0 aromatic carbocycles. The number of hydrogen-bond donors (Lipinski definition) is 1. The van der Waals surface area contributed by atoms with E-state index < -0.39 is 0 Å². The van der Waals surface area contributed by atoms with E-state index in [2.05, 4.69) is 0 Å². The van der Waals surface area contributed by atoms with Crippen molar-refractivity contribution in [1.82, 2.24) is 6.15 Å². The molecule has 0 spiro atoms. The Morgan fingerprint density at radius 1 is 1.43 bits per heavy atom. The minimum absolute atomic E-state index is 0. The van der Waals surface area contributed by atoms with Crippen LogP contribution in [0.25, 0.3) is 0 Å². The van der Waals surface area contributed by atoms with E-state index in [1.807, 2.05) is 0 Å². The molecule has 0 aromatic rings. The molecule has 7 heavy (non-hydrogen) atoms. The highest BCUT2D eigenvalue weighted by Gasteiger charge is 2.14. The molecule has 0 unspecified atom stereocenters. The summed E-state index contributed by atoms with van der Waals surface area (Å²) >= 11 is 0. The first kappa shape index (κ1) is 6.92. The third kappa shape index (κ3) is 1.45. The fourth-order valence-electron chi connectivity index (χ4n) is 0.606. The van der Waals surface area contributed by atoms with Gasteiger partial charge in [-0.2, -0.15) is 0 Å². The molecule has 0 aliphatic heterocycles. The van der Waals surface area contributed by atoms with Crippen molar-refractivity contribution in [1.29, 1.82) is 0 Å². The quantitative estimate of drug-likeness (QED) is 0.544. The number of methoxy groups -OCH3 is 1. The first-order chi connectivity index (χ1) is 2.93. The van der Waals surface area contributed by atoms with E-state index in [9.17, 15) is 0 Å². The van der Waals surface area contributed by atoms with Crippen molar-refractivity contribution >= 4 is 0 Å². The van der Waals surface area contributed by atoms with E-state index >= 15 is 0 Å². The molecule has 1 saturated carbocycles. The molecule has 0 heterocycles. The Kier molecular flexibility index (Phi) is 2.96. The van der Waals surface area contributed by atoms with Crippen molar-refractivity contribution < 1.29 is 4.74 Å². The molecule has 0 atom stereocenters. The van der Waals surface area contributed by atoms with Crippen LogP contribution in [-0.4, -0.2) is 13.2 Å². The smallest absolute Gasteiger partial charge is 0.0571 e. The van der Waals surface area contributed by atoms with Crippen LogP contribution in [-0.2, 0) is 4.74 Å². The van der Waals surface area contributed by atoms with Crippen molar-refractivity contribution in [3.63, 3.8) is 0 Å². The average molecular weight is 103 g/mol. The van der Waals surface area contributed by atoms with Crippen LogP contribution in [0.1, 0.15) is 19.3 Å². The molecule has 0 aromatic heterocycles. The van der Waals surface area contributed by atoms with E-state index in [0.717, 1.165) is 0 Å². The second-order valence-electron chi connectivity index (χ2n) is 1.79. The van der Waals surface area contributed by atoms with E-state index in [4.69, 9.17) is 4.74 Å². The Labute approximate surface area is 44.4 Å². The maximum Gasteiger partial charge on any atom is 0.0571 e. The van der Waals surface area contributed by atoms with Crippen LogP contribution in [0.2, 0.25) is 0 Å². The summed E-state index contributed by atoms with van der Waals surface area (Å²) in [6.07, 6.45) is 4.57. The van der Waals surface area contributed by atoms with Gasteiger partial charge < -0.3 is 10.9 Å². The van der Waals surface area contributed by atoms with Crippen molar-refractivity contribution in [2.24, 2.45) is 0 Å². The third-order valence-electron chi connectivity index (χ3n) is 1.39. The second kappa shape index (κ2) is 2.99. The fraction of sp³-hybridized carbons (Fsp3) is 1.00. The van der Waals surface area contributed by atoms with Gasteiger partial charge >= 0.3 is 0 Å². The summed E-state index contributed by atoms with van der Waals surface area (Å²) in [4.78, 5) is 0. The molecular formula is C5H13NO. The standard InChI is InChI=1S/C5H10O.H3N/c1-6-5-3-2-4-5;/h5H,2-4H2,1H3;1H3. The van der Waals surface area contributed by atoms with E-state index in [1.54, 1.807) is 7.11 Å². The van der Waals surface area contributed by atoms with Gasteiger partial charge in [0.25, 0.3) is 0 Å². The zero-order valence-corrected chi connectivity index (χ0v) is 4.81. The van der Waals surface area contributed by atoms with Crippen molar-refractivity contribution in [2.75, 3.05) is 7.11 Å². The average Bonchev–Trinajstić information content (AvgIpc) is 1.31. The van der Waals surface area contributed by atoms with Crippen LogP contribution in [0.15, 0.2) is 0 Å². The summed E-state index contributed by atoms with van der Waals surface area (Å²) in [5.41, 5.74) is 0. The summed E-state index contributed by atoms with van der Waals surface area (Å²) in [5, 5.41) is 0. The lowest BCUT2D eigenvalue weighted by molar-refractivity contribution is 0.0412. The van der Waals surface area contributed by atoms with E-state index in [0.29, 0.717) is 6.10 Å². The second-order valence-corrected chi connectivity index (χ2v) is 1.79. The SMILES string of the molecule is COC1CCC1.N. The van der Waals surface area contributed by atoms with Gasteiger partial charge in [0, 0.05) is 7.11 Å². The third-order valence-corrected chi connectivity index (χ3v) is 1.39. The maximum atomic E-state index is 4.99. The molecule has 0 radical (unpaired) electrons. The minimum Gasteiger partial charge on any atom is -0.381 e. The minimum atomic E-state index is 0. The van der Waals surface area contributed by atoms with Gasteiger partial charge in [-0.3, -0.25) is 0 Å². The molecule has 1 fully saturated rings. The molecular weight excluding hydrogens is 90.1 g/mol. The molecule has 0 saturated heterocycles. The normalized spacial score (nSPS) is 20.1. The predicted molar refractivity (Wildman–Crippen MR) is 29.7 cm³/mol. The first-order valence-electron chi connectivity index (χ1n) is 2.46. The number of rotatable bonds is 1. The highest BCUT2D eigenvalue weighted by Crippen LogP contribution is 2.20. The zero-order valence-electron chi connectivity index (χ0n) is 4.81. The highest BCUT2D eigenvalue weighted by molar-refractivity contribution is 4.67. The molecule has 2 heteroatoms. The van der Waals surface area contributed by atoms with Gasteiger partial charge in [0.2, 0.25) is 0 Å². The van der Waals surface area contributed by atoms with Gasteiger partial charge in [-0.1, -0.05) is 0 Å². The fourth-order valence-corrected chi connectivity index (χ4v) is 0.606. The van der Waals surface area contributed by atoms with Gasteiger partial charge in [0.1, 0.15) is 0 Å². The van der Waals surface area contributed by atoms with Gasteiger partial charge in [-0.25, -0.2) is 0 Å². The van der Waals surface area contributed by atoms with Gasteiger partial charge in [0.05, 0.1) is 6.10 Å².